The van der Waals surface area contributed by atoms with Crippen molar-refractivity contribution in [3.8, 4) is 11.8 Å². The number of hydrogen-bond acceptors (Lipinski definition) is 5. The first kappa shape index (κ1) is 15.8. The maximum atomic E-state index is 11.8. The molecule has 2 rings (SSSR count). The number of nitriles is 1. The largest absolute Gasteiger partial charge is 0.507 e. The summed E-state index contributed by atoms with van der Waals surface area (Å²) < 4.78 is 4.88. The molecule has 6 nitrogen and oxygen atoms in total. The molecule has 0 saturated heterocycles. The van der Waals surface area contributed by atoms with Crippen molar-refractivity contribution in [2.24, 2.45) is 5.92 Å². The normalized spacial score (nSPS) is 16.2. The third kappa shape index (κ3) is 3.55. The highest BCUT2D eigenvalue weighted by Gasteiger charge is 2.43. The molecule has 0 aliphatic heterocycles. The lowest BCUT2D eigenvalue weighted by molar-refractivity contribution is -0.125. The van der Waals surface area contributed by atoms with Crippen LogP contribution in [0.4, 0.5) is 0 Å². The van der Waals surface area contributed by atoms with Gasteiger partial charge in [-0.3, -0.25) is 4.79 Å². The van der Waals surface area contributed by atoms with Crippen LogP contribution in [0, 0.1) is 24.2 Å². The minimum absolute atomic E-state index is 0.00337. The first-order chi connectivity index (χ1) is 10.4. The van der Waals surface area contributed by atoms with Gasteiger partial charge in [-0.05, 0) is 50.3 Å². The summed E-state index contributed by atoms with van der Waals surface area (Å²) in [4.78, 5) is 23.7. The molecule has 1 atom stereocenters. The Morgan fingerprint density at radius 2 is 2.18 bits per heavy atom. The van der Waals surface area contributed by atoms with Crippen molar-refractivity contribution in [2.75, 3.05) is 6.61 Å². The molecule has 1 aliphatic carbocycles. The molecule has 0 spiro atoms. The molecule has 1 fully saturated rings. The van der Waals surface area contributed by atoms with Gasteiger partial charge in [-0.1, -0.05) is 6.07 Å². The molecule has 1 amide bonds. The number of hydrogen-bond donors (Lipinski definition) is 2. The molecule has 0 radical (unpaired) electrons. The van der Waals surface area contributed by atoms with Crippen LogP contribution < -0.4 is 5.32 Å². The molecule has 0 unspecified atom stereocenters. The van der Waals surface area contributed by atoms with Gasteiger partial charge < -0.3 is 15.2 Å². The highest BCUT2D eigenvalue weighted by Crippen LogP contribution is 2.39. The van der Waals surface area contributed by atoms with Crippen molar-refractivity contribution in [1.29, 1.82) is 5.26 Å². The van der Waals surface area contributed by atoms with E-state index in [-0.39, 0.29) is 17.2 Å². The number of aromatic hydroxyl groups is 1. The lowest BCUT2D eigenvalue weighted by Crippen LogP contribution is -2.48. The van der Waals surface area contributed by atoms with Crippen LogP contribution in [0.15, 0.2) is 18.2 Å². The van der Waals surface area contributed by atoms with E-state index < -0.39 is 24.0 Å². The number of carbonyl (C=O) groups is 2. The Morgan fingerprint density at radius 1 is 1.50 bits per heavy atom. The fourth-order valence-electron chi connectivity index (χ4n) is 2.23. The third-order valence-corrected chi connectivity index (χ3v) is 3.73. The quantitative estimate of drug-likeness (QED) is 0.806. The van der Waals surface area contributed by atoms with Crippen LogP contribution in [0.1, 0.15) is 35.7 Å². The van der Waals surface area contributed by atoms with Crippen molar-refractivity contribution < 1.29 is 19.4 Å². The summed E-state index contributed by atoms with van der Waals surface area (Å²) >= 11 is 0. The number of phenols is 1. The van der Waals surface area contributed by atoms with Crippen LogP contribution in [0.5, 0.6) is 5.75 Å². The molecule has 0 bridgehead atoms. The number of carbonyl (C=O) groups excluding carboxylic acids is 2. The number of ether oxygens (including phenoxy) is 1. The molecular formula is C16H18N2O4. The van der Waals surface area contributed by atoms with Gasteiger partial charge in [0, 0.05) is 0 Å². The van der Waals surface area contributed by atoms with Crippen LogP contribution in [0.3, 0.4) is 0 Å². The zero-order valence-electron chi connectivity index (χ0n) is 12.5. The minimum atomic E-state index is -0.921. The standard InChI is InChI=1S/C16H18N2O4/c1-10-3-6-12(13(19)7-10)15(21)22-8-14(20)18-16(2,9-17)11-4-5-11/h3,6-7,11,19H,4-5,8H2,1-2H3,(H,18,20)/t16-/m1/s1. The summed E-state index contributed by atoms with van der Waals surface area (Å²) in [5.41, 5.74) is -0.111. The van der Waals surface area contributed by atoms with Crippen molar-refractivity contribution >= 4 is 11.9 Å². The van der Waals surface area contributed by atoms with Crippen LogP contribution in [-0.2, 0) is 9.53 Å². The molecule has 0 heterocycles. The van der Waals surface area contributed by atoms with E-state index in [1.807, 2.05) is 0 Å². The second-order valence-corrected chi connectivity index (χ2v) is 5.73. The Kier molecular flexibility index (Phi) is 4.36. The van der Waals surface area contributed by atoms with Gasteiger partial charge in [-0.25, -0.2) is 4.79 Å². The second kappa shape index (κ2) is 6.06. The van der Waals surface area contributed by atoms with Crippen molar-refractivity contribution in [3.05, 3.63) is 29.3 Å². The maximum Gasteiger partial charge on any atom is 0.342 e. The second-order valence-electron chi connectivity index (χ2n) is 5.73. The van der Waals surface area contributed by atoms with E-state index in [4.69, 9.17) is 10.00 Å². The predicted molar refractivity (Wildman–Crippen MR) is 78.0 cm³/mol. The Balaban J connectivity index is 1.91. The Morgan fingerprint density at radius 3 is 2.73 bits per heavy atom. The van der Waals surface area contributed by atoms with Crippen LogP contribution >= 0.6 is 0 Å². The summed E-state index contributed by atoms with van der Waals surface area (Å²) in [6.07, 6.45) is 1.81. The summed E-state index contributed by atoms with van der Waals surface area (Å²) in [5, 5.41) is 21.4. The summed E-state index contributed by atoms with van der Waals surface area (Å²) in [6, 6.07) is 6.64. The van der Waals surface area contributed by atoms with E-state index in [0.717, 1.165) is 18.4 Å². The third-order valence-electron chi connectivity index (χ3n) is 3.73. The summed E-state index contributed by atoms with van der Waals surface area (Å²) in [5.74, 6) is -1.35. The van der Waals surface area contributed by atoms with Crippen LogP contribution in [0.2, 0.25) is 0 Å². The van der Waals surface area contributed by atoms with E-state index in [9.17, 15) is 14.7 Å². The zero-order valence-corrected chi connectivity index (χ0v) is 12.5. The molecule has 1 saturated carbocycles. The van der Waals surface area contributed by atoms with E-state index in [1.165, 1.54) is 12.1 Å². The summed E-state index contributed by atoms with van der Waals surface area (Å²) in [7, 11) is 0. The van der Waals surface area contributed by atoms with Gasteiger partial charge in [0.05, 0.1) is 6.07 Å². The maximum absolute atomic E-state index is 11.8. The number of benzene rings is 1. The van der Waals surface area contributed by atoms with E-state index >= 15 is 0 Å². The molecule has 6 heteroatoms. The molecule has 0 aromatic heterocycles. The Hall–Kier alpha value is -2.55. The molecular weight excluding hydrogens is 284 g/mol. The monoisotopic (exact) mass is 302 g/mol. The number of aryl methyl sites for hydroxylation is 1. The van der Waals surface area contributed by atoms with Crippen LogP contribution in [-0.4, -0.2) is 29.1 Å². The van der Waals surface area contributed by atoms with E-state index in [0.29, 0.717) is 0 Å². The van der Waals surface area contributed by atoms with Crippen molar-refractivity contribution in [3.63, 3.8) is 0 Å². The van der Waals surface area contributed by atoms with Crippen molar-refractivity contribution in [2.45, 2.75) is 32.2 Å². The SMILES string of the molecule is Cc1ccc(C(=O)OCC(=O)N[C@](C)(C#N)C2CC2)c(O)c1. The average molecular weight is 302 g/mol. The van der Waals surface area contributed by atoms with Gasteiger partial charge >= 0.3 is 5.97 Å². The van der Waals surface area contributed by atoms with E-state index in [1.54, 1.807) is 19.9 Å². The lowest BCUT2D eigenvalue weighted by Gasteiger charge is -2.22. The zero-order chi connectivity index (χ0) is 16.3. The van der Waals surface area contributed by atoms with Gasteiger partial charge in [-0.2, -0.15) is 5.26 Å². The molecule has 2 N–H and O–H groups in total. The molecule has 1 aromatic carbocycles. The first-order valence-electron chi connectivity index (χ1n) is 7.05. The summed E-state index contributed by atoms with van der Waals surface area (Å²) in [6.45, 7) is 2.95. The van der Waals surface area contributed by atoms with Crippen LogP contribution in [0.25, 0.3) is 0 Å². The first-order valence-corrected chi connectivity index (χ1v) is 7.05. The molecule has 1 aliphatic rings. The van der Waals surface area contributed by atoms with Gasteiger partial charge in [0.15, 0.2) is 6.61 Å². The fourth-order valence-corrected chi connectivity index (χ4v) is 2.23. The Bertz CT molecular complexity index is 646. The number of nitrogens with one attached hydrogen (secondary N) is 1. The highest BCUT2D eigenvalue weighted by molar-refractivity contribution is 5.94. The van der Waals surface area contributed by atoms with Gasteiger partial charge in [0.2, 0.25) is 0 Å². The highest BCUT2D eigenvalue weighted by atomic mass is 16.5. The molecule has 1 aromatic rings. The smallest absolute Gasteiger partial charge is 0.342 e. The molecule has 22 heavy (non-hydrogen) atoms. The average Bonchev–Trinajstić information content (AvgIpc) is 3.29. The van der Waals surface area contributed by atoms with Gasteiger partial charge in [0.1, 0.15) is 16.9 Å². The fraction of sp³-hybridized carbons (Fsp3) is 0.438. The molecule has 116 valence electrons. The number of nitrogens with zero attached hydrogens (tertiary/aromatic N) is 1. The minimum Gasteiger partial charge on any atom is -0.507 e. The lowest BCUT2D eigenvalue weighted by atomic mass is 9.98. The van der Waals surface area contributed by atoms with Gasteiger partial charge in [-0.15, -0.1) is 0 Å². The van der Waals surface area contributed by atoms with E-state index in [2.05, 4.69) is 11.4 Å². The Labute approximate surface area is 128 Å². The number of phenolic OH excluding ortho intramolecular Hbond substituents is 1. The van der Waals surface area contributed by atoms with Gasteiger partial charge in [0.25, 0.3) is 5.91 Å². The van der Waals surface area contributed by atoms with Crippen molar-refractivity contribution in [1.82, 2.24) is 5.32 Å². The predicted octanol–water partition coefficient (Wildman–Crippen LogP) is 1.67. The number of esters is 1. The number of rotatable bonds is 5. The number of amides is 1. The topological polar surface area (TPSA) is 99.4 Å².